The van der Waals surface area contributed by atoms with Gasteiger partial charge in [0.1, 0.15) is 0 Å². The van der Waals surface area contributed by atoms with Gasteiger partial charge in [-0.05, 0) is 37.0 Å². The van der Waals surface area contributed by atoms with Gasteiger partial charge in [0, 0.05) is 11.3 Å². The molecule has 1 rings (SSSR count). The normalized spacial score (nSPS) is 33.6. The smallest absolute Gasteiger partial charge is 0.0206 e. The van der Waals surface area contributed by atoms with Crippen LogP contribution in [0.5, 0.6) is 0 Å². The van der Waals surface area contributed by atoms with Gasteiger partial charge >= 0.3 is 0 Å². The molecule has 1 aliphatic carbocycles. The van der Waals surface area contributed by atoms with Crippen molar-refractivity contribution >= 4 is 11.8 Å². The molecule has 3 atom stereocenters. The molecule has 0 amide bonds. The molecule has 2 heteroatoms. The molecule has 0 heterocycles. The van der Waals surface area contributed by atoms with E-state index in [1.54, 1.807) is 0 Å². The molecule has 0 bridgehead atoms. The van der Waals surface area contributed by atoms with Crippen molar-refractivity contribution in [3.63, 3.8) is 0 Å². The lowest BCUT2D eigenvalue weighted by atomic mass is 9.87. The van der Waals surface area contributed by atoms with Gasteiger partial charge < -0.3 is 5.32 Å². The second kappa shape index (κ2) is 6.02. The van der Waals surface area contributed by atoms with Gasteiger partial charge in [-0.3, -0.25) is 0 Å². The van der Waals surface area contributed by atoms with E-state index in [9.17, 15) is 0 Å². The third-order valence-corrected chi connectivity index (χ3v) is 4.38. The zero-order valence-corrected chi connectivity index (χ0v) is 10.9. The molecule has 0 aliphatic heterocycles. The maximum Gasteiger partial charge on any atom is 0.0206 e. The third-order valence-electron chi connectivity index (χ3n) is 2.97. The van der Waals surface area contributed by atoms with E-state index in [1.807, 2.05) is 0 Å². The first kappa shape index (κ1) is 12.4. The Balaban J connectivity index is 2.45. The first-order chi connectivity index (χ1) is 6.63. The van der Waals surface area contributed by atoms with Crippen LogP contribution < -0.4 is 5.32 Å². The standard InChI is InChI=1S/C12H25NS/c1-5-13-11-7-6-10(4)8-12(11)14-9(2)3/h9-13H,5-8H2,1-4H3. The van der Waals surface area contributed by atoms with Gasteiger partial charge in [0.25, 0.3) is 0 Å². The molecule has 1 aliphatic rings. The van der Waals surface area contributed by atoms with Crippen LogP contribution in [0.25, 0.3) is 0 Å². The summed E-state index contributed by atoms with van der Waals surface area (Å²) in [7, 11) is 0. The minimum Gasteiger partial charge on any atom is -0.313 e. The molecular weight excluding hydrogens is 190 g/mol. The zero-order valence-electron chi connectivity index (χ0n) is 10.0. The molecular formula is C12H25NS. The van der Waals surface area contributed by atoms with Gasteiger partial charge in [0.15, 0.2) is 0 Å². The quantitative estimate of drug-likeness (QED) is 0.772. The fourth-order valence-corrected chi connectivity index (χ4v) is 3.89. The fourth-order valence-electron chi connectivity index (χ4n) is 2.32. The monoisotopic (exact) mass is 215 g/mol. The Labute approximate surface area is 93.4 Å². The molecule has 1 nitrogen and oxygen atoms in total. The molecule has 3 unspecified atom stereocenters. The number of thioether (sulfide) groups is 1. The predicted octanol–water partition coefficient (Wildman–Crippen LogP) is 3.29. The zero-order chi connectivity index (χ0) is 10.6. The van der Waals surface area contributed by atoms with Gasteiger partial charge in [-0.25, -0.2) is 0 Å². The lowest BCUT2D eigenvalue weighted by Gasteiger charge is -2.35. The van der Waals surface area contributed by atoms with Crippen molar-refractivity contribution in [1.82, 2.24) is 5.32 Å². The number of rotatable bonds is 4. The Bertz CT molecular complexity index is 156. The fraction of sp³-hybridized carbons (Fsp3) is 1.00. The Morgan fingerprint density at radius 3 is 2.64 bits per heavy atom. The van der Waals surface area contributed by atoms with Gasteiger partial charge in [0.2, 0.25) is 0 Å². The highest BCUT2D eigenvalue weighted by Crippen LogP contribution is 2.34. The van der Waals surface area contributed by atoms with Gasteiger partial charge in [-0.15, -0.1) is 0 Å². The number of hydrogen-bond donors (Lipinski definition) is 1. The largest absolute Gasteiger partial charge is 0.313 e. The summed E-state index contributed by atoms with van der Waals surface area (Å²) in [6.07, 6.45) is 4.19. The predicted molar refractivity (Wildman–Crippen MR) is 67.0 cm³/mol. The summed E-state index contributed by atoms with van der Waals surface area (Å²) in [6.45, 7) is 10.4. The highest BCUT2D eigenvalue weighted by molar-refractivity contribution is 8.00. The summed E-state index contributed by atoms with van der Waals surface area (Å²) in [5, 5.41) is 5.26. The molecule has 84 valence electrons. The lowest BCUT2D eigenvalue weighted by Crippen LogP contribution is -2.42. The van der Waals surface area contributed by atoms with E-state index in [0.29, 0.717) is 0 Å². The summed E-state index contributed by atoms with van der Waals surface area (Å²) < 4.78 is 0. The molecule has 0 aromatic rings. The van der Waals surface area contributed by atoms with Crippen LogP contribution in [0.4, 0.5) is 0 Å². The molecule has 1 fully saturated rings. The van der Waals surface area contributed by atoms with Crippen molar-refractivity contribution < 1.29 is 0 Å². The van der Waals surface area contributed by atoms with Gasteiger partial charge in [-0.2, -0.15) is 11.8 Å². The molecule has 1 saturated carbocycles. The minimum atomic E-state index is 0.767. The van der Waals surface area contributed by atoms with Crippen molar-refractivity contribution in [2.45, 2.75) is 63.5 Å². The molecule has 1 N–H and O–H groups in total. The van der Waals surface area contributed by atoms with E-state index >= 15 is 0 Å². The first-order valence-electron chi connectivity index (χ1n) is 6.02. The molecule has 0 aromatic carbocycles. The number of nitrogens with one attached hydrogen (secondary N) is 1. The van der Waals surface area contributed by atoms with E-state index in [4.69, 9.17) is 0 Å². The van der Waals surface area contributed by atoms with E-state index in [0.717, 1.165) is 29.0 Å². The Morgan fingerprint density at radius 1 is 1.36 bits per heavy atom. The maximum absolute atomic E-state index is 3.64. The highest BCUT2D eigenvalue weighted by Gasteiger charge is 2.28. The summed E-state index contributed by atoms with van der Waals surface area (Å²) in [5.74, 6) is 0.932. The lowest BCUT2D eigenvalue weighted by molar-refractivity contribution is 0.320. The van der Waals surface area contributed by atoms with Crippen LogP contribution in [0.3, 0.4) is 0 Å². The third kappa shape index (κ3) is 3.82. The van der Waals surface area contributed by atoms with E-state index in [-0.39, 0.29) is 0 Å². The van der Waals surface area contributed by atoms with Gasteiger partial charge in [-0.1, -0.05) is 27.7 Å². The molecule has 0 aromatic heterocycles. The van der Waals surface area contributed by atoms with Crippen molar-refractivity contribution in [3.05, 3.63) is 0 Å². The molecule has 0 saturated heterocycles. The minimum absolute atomic E-state index is 0.767. The average molecular weight is 215 g/mol. The van der Waals surface area contributed by atoms with Crippen molar-refractivity contribution in [2.24, 2.45) is 5.92 Å². The first-order valence-corrected chi connectivity index (χ1v) is 6.96. The molecule has 14 heavy (non-hydrogen) atoms. The molecule has 0 radical (unpaired) electrons. The highest BCUT2D eigenvalue weighted by atomic mass is 32.2. The van der Waals surface area contributed by atoms with Crippen LogP contribution in [-0.4, -0.2) is 23.1 Å². The van der Waals surface area contributed by atoms with Crippen molar-refractivity contribution in [1.29, 1.82) is 0 Å². The van der Waals surface area contributed by atoms with Crippen LogP contribution in [0.1, 0.15) is 47.0 Å². The van der Waals surface area contributed by atoms with Crippen LogP contribution >= 0.6 is 11.8 Å². The second-order valence-corrected chi connectivity index (χ2v) is 6.63. The number of hydrogen-bond acceptors (Lipinski definition) is 2. The van der Waals surface area contributed by atoms with Crippen molar-refractivity contribution in [2.75, 3.05) is 6.54 Å². The molecule has 0 spiro atoms. The van der Waals surface area contributed by atoms with E-state index < -0.39 is 0 Å². The van der Waals surface area contributed by atoms with Crippen LogP contribution in [0.15, 0.2) is 0 Å². The summed E-state index contributed by atoms with van der Waals surface area (Å²) in [4.78, 5) is 0. The Hall–Kier alpha value is 0.310. The summed E-state index contributed by atoms with van der Waals surface area (Å²) >= 11 is 2.16. The van der Waals surface area contributed by atoms with Crippen LogP contribution in [-0.2, 0) is 0 Å². The van der Waals surface area contributed by atoms with Crippen LogP contribution in [0.2, 0.25) is 0 Å². The summed E-state index contributed by atoms with van der Waals surface area (Å²) in [6, 6.07) is 0.767. The topological polar surface area (TPSA) is 12.0 Å². The SMILES string of the molecule is CCNC1CCC(C)CC1SC(C)C. The maximum atomic E-state index is 3.64. The van der Waals surface area contributed by atoms with Crippen LogP contribution in [0, 0.1) is 5.92 Å². The Morgan fingerprint density at radius 2 is 2.07 bits per heavy atom. The van der Waals surface area contributed by atoms with E-state index in [2.05, 4.69) is 44.8 Å². The Kier molecular flexibility index (Phi) is 5.32. The average Bonchev–Trinajstić information content (AvgIpc) is 2.09. The van der Waals surface area contributed by atoms with E-state index in [1.165, 1.54) is 19.3 Å². The van der Waals surface area contributed by atoms with Crippen molar-refractivity contribution in [3.8, 4) is 0 Å². The van der Waals surface area contributed by atoms with Gasteiger partial charge in [0.05, 0.1) is 0 Å². The summed E-state index contributed by atoms with van der Waals surface area (Å²) in [5.41, 5.74) is 0. The second-order valence-electron chi connectivity index (χ2n) is 4.81.